The van der Waals surface area contributed by atoms with Crippen molar-refractivity contribution in [1.82, 2.24) is 9.55 Å². The van der Waals surface area contributed by atoms with Gasteiger partial charge in [0.1, 0.15) is 18.3 Å². The Morgan fingerprint density at radius 3 is 1.60 bits per heavy atom. The third-order valence-corrected chi connectivity index (χ3v) is 14.0. The highest BCUT2D eigenvalue weighted by atomic mass is 32.5. The van der Waals surface area contributed by atoms with Crippen molar-refractivity contribution in [3.8, 4) is 22.3 Å². The van der Waals surface area contributed by atoms with Crippen LogP contribution in [0.3, 0.4) is 0 Å². The molecule has 8 rings (SSSR count). The van der Waals surface area contributed by atoms with Crippen molar-refractivity contribution in [2.45, 2.75) is 36.4 Å². The Morgan fingerprint density at radius 2 is 1.15 bits per heavy atom. The van der Waals surface area contributed by atoms with Crippen LogP contribution >= 0.6 is 14.5 Å². The van der Waals surface area contributed by atoms with Gasteiger partial charge in [0.2, 0.25) is 0 Å². The van der Waals surface area contributed by atoms with E-state index in [2.05, 4.69) is 0 Å². The van der Waals surface area contributed by atoms with Crippen molar-refractivity contribution in [3.63, 3.8) is 0 Å². The fourth-order valence-electron chi connectivity index (χ4n) is 7.33. The summed E-state index contributed by atoms with van der Waals surface area (Å²) in [5, 5.41) is 21.3. The number of H-pyrrole nitrogens is 1. The second-order valence-corrected chi connectivity index (χ2v) is 17.4. The fraction of sp³-hybridized carbons (Fsp3) is 0.243. The van der Waals surface area contributed by atoms with E-state index in [0.29, 0.717) is 0 Å². The summed E-state index contributed by atoms with van der Waals surface area (Å²) in [4.78, 5) is 39.3. The summed E-state index contributed by atoms with van der Waals surface area (Å²) < 4.78 is 43.2. The molecular weight excluding hydrogens is 742 g/mol. The number of aromatic nitrogens is 2. The number of aromatic amines is 1. The molecule has 1 aliphatic heterocycles. The Labute approximate surface area is 308 Å². The first-order chi connectivity index (χ1) is 25.5. The van der Waals surface area contributed by atoms with Gasteiger partial charge in [0.05, 0.1) is 19.8 Å². The zero-order chi connectivity index (χ0) is 36.9. The van der Waals surface area contributed by atoms with Gasteiger partial charge in [-0.2, -0.15) is 0 Å². The largest absolute Gasteiger partial charge is 0.756 e. The number of rotatable bonds is 12. The van der Waals surface area contributed by atoms with E-state index in [1.807, 2.05) is 102 Å². The molecule has 274 valence electrons. The number of fused-ring (bicyclic) bond motifs is 6. The van der Waals surface area contributed by atoms with Crippen molar-refractivity contribution in [2.24, 2.45) is 0 Å². The van der Waals surface area contributed by atoms with Crippen molar-refractivity contribution >= 4 is 26.3 Å². The number of nitrogens with one attached hydrogen (secondary N) is 1. The normalized spacial score (nSPS) is 21.9. The molecule has 16 heteroatoms. The van der Waals surface area contributed by atoms with Crippen LogP contribution in [0, 0.1) is 0 Å². The number of phosphoric ester groups is 1. The molecule has 3 aliphatic rings. The second-order valence-electron chi connectivity index (χ2n) is 12.9. The van der Waals surface area contributed by atoms with Gasteiger partial charge in [-0.15, -0.1) is 0 Å². The highest BCUT2D eigenvalue weighted by Crippen LogP contribution is 2.64. The van der Waals surface area contributed by atoms with Crippen LogP contribution in [0.2, 0.25) is 0 Å². The molecule has 1 aromatic heterocycles. The number of phosphoric acid groups is 1. The predicted molar refractivity (Wildman–Crippen MR) is 196 cm³/mol. The Balaban J connectivity index is 1.03. The number of ether oxygens (including phenoxy) is 1. The van der Waals surface area contributed by atoms with Crippen molar-refractivity contribution < 1.29 is 42.3 Å². The number of nitrogens with zero attached hydrogens (tertiary/aromatic N) is 1. The molecule has 0 radical (unpaired) electrons. The third kappa shape index (κ3) is 6.98. The highest BCUT2D eigenvalue weighted by Gasteiger charge is 2.45. The summed E-state index contributed by atoms with van der Waals surface area (Å²) in [5.74, 6) is -0.595. The summed E-state index contributed by atoms with van der Waals surface area (Å²) in [5.41, 5.74) is 6.49. The van der Waals surface area contributed by atoms with Gasteiger partial charge in [-0.25, -0.2) is 9.11 Å². The molecule has 2 aliphatic carbocycles. The molecule has 1 saturated heterocycles. The smallest absolute Gasteiger partial charge is 0.333 e. The van der Waals surface area contributed by atoms with Gasteiger partial charge in [0.15, 0.2) is 6.23 Å². The first-order valence-corrected chi connectivity index (χ1v) is 20.8. The Hall–Kier alpha value is -3.88. The standard InChI is InChI=1S/C37H34N2O11P2S/c40-33-17-18-39(37(43)38-33)36-35(42)34(41)32(49-36)21-46-51(44,45)50-52(53,47-19-30-26-13-5-1-9-22(26)23-10-2-6-14-27(23)30)48-20-31-28-15-7-3-11-24(28)25-12-4-8-16-29(25)31/h1-18,30-32,34-36,41-42H,19-21H2,(H,44,45)(H,38,40,43)/p-1. The van der Waals surface area contributed by atoms with Gasteiger partial charge >= 0.3 is 12.4 Å². The molecule has 0 bridgehead atoms. The Bertz CT molecular complexity index is 2210. The van der Waals surface area contributed by atoms with Crippen LogP contribution in [-0.2, 0) is 39.0 Å². The summed E-state index contributed by atoms with van der Waals surface area (Å²) in [6, 6.07) is 32.5. The molecule has 2 heterocycles. The minimum Gasteiger partial charge on any atom is -0.756 e. The van der Waals surface area contributed by atoms with Gasteiger partial charge in [0, 0.05) is 24.1 Å². The molecule has 0 amide bonds. The van der Waals surface area contributed by atoms with Gasteiger partial charge in [-0.05, 0) is 56.3 Å². The molecular formula is C37H33N2O11P2S-. The first-order valence-electron chi connectivity index (χ1n) is 16.8. The Morgan fingerprint density at radius 1 is 0.698 bits per heavy atom. The lowest BCUT2D eigenvalue weighted by Crippen LogP contribution is -2.37. The number of aliphatic hydroxyl groups excluding tert-OH is 2. The van der Waals surface area contributed by atoms with Gasteiger partial charge in [0.25, 0.3) is 13.4 Å². The average Bonchev–Trinajstić information content (AvgIpc) is 3.75. The van der Waals surface area contributed by atoms with Crippen molar-refractivity contribution in [1.29, 1.82) is 0 Å². The highest BCUT2D eigenvalue weighted by molar-refractivity contribution is 8.08. The topological polar surface area (TPSA) is 182 Å². The van der Waals surface area contributed by atoms with Gasteiger partial charge in [-0.3, -0.25) is 18.9 Å². The lowest BCUT2D eigenvalue weighted by molar-refractivity contribution is -0.220. The van der Waals surface area contributed by atoms with E-state index in [1.54, 1.807) is 0 Å². The monoisotopic (exact) mass is 775 g/mol. The van der Waals surface area contributed by atoms with Crippen LogP contribution in [0.1, 0.15) is 40.3 Å². The lowest BCUT2D eigenvalue weighted by atomic mass is 9.98. The molecule has 13 nitrogen and oxygen atoms in total. The quantitative estimate of drug-likeness (QED) is 0.151. The lowest BCUT2D eigenvalue weighted by Gasteiger charge is -2.31. The van der Waals surface area contributed by atoms with E-state index in [9.17, 15) is 29.3 Å². The fourth-order valence-corrected chi connectivity index (χ4v) is 11.0. The number of benzene rings is 4. The summed E-state index contributed by atoms with van der Waals surface area (Å²) >= 11 is 5.82. The molecule has 5 aromatic rings. The van der Waals surface area contributed by atoms with E-state index < -0.39 is 56.9 Å². The number of aliphatic hydroxyl groups is 2. The number of hydrogen-bond acceptors (Lipinski definition) is 12. The van der Waals surface area contributed by atoms with E-state index in [1.165, 1.54) is 0 Å². The maximum Gasteiger partial charge on any atom is 0.333 e. The molecule has 1 fully saturated rings. The first kappa shape index (κ1) is 36.1. The summed E-state index contributed by atoms with van der Waals surface area (Å²) in [6.45, 7) is -5.08. The maximum atomic E-state index is 13.5. The molecule has 4 aromatic carbocycles. The molecule has 5 unspecified atom stereocenters. The van der Waals surface area contributed by atoms with Crippen LogP contribution in [-0.4, -0.2) is 57.9 Å². The number of hydrogen-bond donors (Lipinski definition) is 3. The van der Waals surface area contributed by atoms with E-state index in [-0.39, 0.29) is 25.0 Å². The van der Waals surface area contributed by atoms with E-state index >= 15 is 0 Å². The predicted octanol–water partition coefficient (Wildman–Crippen LogP) is 4.54. The van der Waals surface area contributed by atoms with E-state index in [4.69, 9.17) is 34.4 Å². The van der Waals surface area contributed by atoms with E-state index in [0.717, 1.165) is 61.3 Å². The molecule has 3 N–H and O–H groups in total. The van der Waals surface area contributed by atoms with Crippen molar-refractivity contribution in [3.05, 3.63) is 152 Å². The minimum absolute atomic E-state index is 0.0601. The maximum absolute atomic E-state index is 13.5. The van der Waals surface area contributed by atoms with Crippen LogP contribution in [0.15, 0.2) is 119 Å². The average molecular weight is 776 g/mol. The SMILES string of the molecule is O=c1ccn(C2OC(COP(=O)([O-])OP(=S)(OCC3c4ccccc4-c4ccccc43)OCC3c4ccccc4-c4ccccc43)C(O)C2O)c(=O)[nH]1. The summed E-state index contributed by atoms with van der Waals surface area (Å²) in [7, 11) is -5.35. The molecule has 0 saturated carbocycles. The molecule has 5 atom stereocenters. The van der Waals surface area contributed by atoms with Crippen LogP contribution in [0.25, 0.3) is 22.3 Å². The zero-order valence-corrected chi connectivity index (χ0v) is 30.4. The van der Waals surface area contributed by atoms with Crippen LogP contribution in [0.5, 0.6) is 0 Å². The second kappa shape index (κ2) is 14.4. The van der Waals surface area contributed by atoms with Crippen LogP contribution in [0.4, 0.5) is 0 Å². The summed E-state index contributed by atoms with van der Waals surface area (Å²) in [6.07, 6.45) is -5.11. The zero-order valence-electron chi connectivity index (χ0n) is 27.8. The van der Waals surface area contributed by atoms with Gasteiger partial charge < -0.3 is 33.4 Å². The van der Waals surface area contributed by atoms with Crippen molar-refractivity contribution in [2.75, 3.05) is 19.8 Å². The molecule has 0 spiro atoms. The third-order valence-electron chi connectivity index (χ3n) is 9.78. The molecule has 53 heavy (non-hydrogen) atoms. The van der Waals surface area contributed by atoms with Gasteiger partial charge in [-0.1, -0.05) is 97.1 Å². The Kier molecular flexibility index (Phi) is 9.82. The minimum atomic E-state index is -5.35. The van der Waals surface area contributed by atoms with Crippen LogP contribution < -0.4 is 16.1 Å².